The van der Waals surface area contributed by atoms with Crippen LogP contribution in [0.2, 0.25) is 0 Å². The van der Waals surface area contributed by atoms with Crippen molar-refractivity contribution in [3.8, 4) is 0 Å². The summed E-state index contributed by atoms with van der Waals surface area (Å²) in [6, 6.07) is 6.83. The molecule has 0 atom stereocenters. The minimum atomic E-state index is -0.544. The van der Waals surface area contributed by atoms with Gasteiger partial charge in [0, 0.05) is 30.4 Å². The van der Waals surface area contributed by atoms with Gasteiger partial charge in [-0.2, -0.15) is 0 Å². The minimum Gasteiger partial charge on any atom is -0.375 e. The SMILES string of the molecule is COCC(=O)Nc1ccc(NC(=O)CC(C)(C)N)cc1. The van der Waals surface area contributed by atoms with E-state index in [1.54, 1.807) is 38.1 Å². The molecule has 0 radical (unpaired) electrons. The van der Waals surface area contributed by atoms with E-state index in [0.717, 1.165) is 0 Å². The predicted octanol–water partition coefficient (Wildman–Crippen LogP) is 1.34. The quantitative estimate of drug-likeness (QED) is 0.732. The zero-order chi connectivity index (χ0) is 15.2. The van der Waals surface area contributed by atoms with Crippen molar-refractivity contribution in [3.05, 3.63) is 24.3 Å². The molecule has 1 aromatic carbocycles. The first-order chi connectivity index (χ1) is 9.30. The molecule has 0 aromatic heterocycles. The van der Waals surface area contributed by atoms with Gasteiger partial charge in [0.15, 0.2) is 0 Å². The normalized spacial score (nSPS) is 11.0. The van der Waals surface area contributed by atoms with Crippen LogP contribution in [0.3, 0.4) is 0 Å². The van der Waals surface area contributed by atoms with Crippen molar-refractivity contribution in [2.45, 2.75) is 25.8 Å². The topological polar surface area (TPSA) is 93.5 Å². The Morgan fingerprint density at radius 2 is 1.55 bits per heavy atom. The van der Waals surface area contributed by atoms with Crippen LogP contribution in [0, 0.1) is 0 Å². The Morgan fingerprint density at radius 3 is 1.95 bits per heavy atom. The molecule has 110 valence electrons. The van der Waals surface area contributed by atoms with Crippen LogP contribution in [0.1, 0.15) is 20.3 Å². The third kappa shape index (κ3) is 6.31. The lowest BCUT2D eigenvalue weighted by molar-refractivity contribution is -0.119. The molecular formula is C14H21N3O3. The number of nitrogens with one attached hydrogen (secondary N) is 2. The number of carbonyl (C=O) groups excluding carboxylic acids is 2. The Balaban J connectivity index is 2.54. The van der Waals surface area contributed by atoms with Crippen LogP contribution in [0.5, 0.6) is 0 Å². The van der Waals surface area contributed by atoms with E-state index in [0.29, 0.717) is 11.4 Å². The van der Waals surface area contributed by atoms with Crippen molar-refractivity contribution >= 4 is 23.2 Å². The van der Waals surface area contributed by atoms with Crippen LogP contribution >= 0.6 is 0 Å². The smallest absolute Gasteiger partial charge is 0.250 e. The summed E-state index contributed by atoms with van der Waals surface area (Å²) in [6.07, 6.45) is 0.235. The van der Waals surface area contributed by atoms with Crippen molar-refractivity contribution in [1.82, 2.24) is 0 Å². The number of rotatable bonds is 6. The van der Waals surface area contributed by atoms with E-state index in [-0.39, 0.29) is 24.8 Å². The van der Waals surface area contributed by atoms with Gasteiger partial charge in [-0.3, -0.25) is 9.59 Å². The van der Waals surface area contributed by atoms with Gasteiger partial charge in [-0.05, 0) is 38.1 Å². The highest BCUT2D eigenvalue weighted by Gasteiger charge is 2.16. The molecule has 0 saturated heterocycles. The lowest BCUT2D eigenvalue weighted by atomic mass is 10.0. The average molecular weight is 279 g/mol. The molecule has 1 aromatic rings. The van der Waals surface area contributed by atoms with Crippen LogP contribution in [0.25, 0.3) is 0 Å². The third-order valence-electron chi connectivity index (χ3n) is 2.34. The fourth-order valence-electron chi connectivity index (χ4n) is 1.58. The number of benzene rings is 1. The van der Waals surface area contributed by atoms with Gasteiger partial charge in [0.05, 0.1) is 0 Å². The van der Waals surface area contributed by atoms with E-state index in [2.05, 4.69) is 10.6 Å². The molecule has 1 rings (SSSR count). The first kappa shape index (κ1) is 16.1. The van der Waals surface area contributed by atoms with E-state index in [9.17, 15) is 9.59 Å². The summed E-state index contributed by atoms with van der Waals surface area (Å²) < 4.78 is 4.72. The van der Waals surface area contributed by atoms with Crippen LogP contribution in [0.4, 0.5) is 11.4 Å². The van der Waals surface area contributed by atoms with Gasteiger partial charge >= 0.3 is 0 Å². The fourth-order valence-corrected chi connectivity index (χ4v) is 1.58. The molecule has 0 saturated carbocycles. The van der Waals surface area contributed by atoms with Crippen LogP contribution in [-0.2, 0) is 14.3 Å². The summed E-state index contributed by atoms with van der Waals surface area (Å²) in [4.78, 5) is 23.0. The number of nitrogens with two attached hydrogens (primary N) is 1. The second-order valence-electron chi connectivity index (χ2n) is 5.27. The van der Waals surface area contributed by atoms with Gasteiger partial charge in [-0.25, -0.2) is 0 Å². The van der Waals surface area contributed by atoms with E-state index >= 15 is 0 Å². The number of amides is 2. The van der Waals surface area contributed by atoms with Crippen LogP contribution in [-0.4, -0.2) is 31.1 Å². The minimum absolute atomic E-state index is 0.00404. The number of hydrogen-bond donors (Lipinski definition) is 3. The summed E-state index contributed by atoms with van der Waals surface area (Å²) in [5, 5.41) is 5.41. The first-order valence-corrected chi connectivity index (χ1v) is 6.28. The van der Waals surface area contributed by atoms with Gasteiger partial charge in [0.1, 0.15) is 6.61 Å². The van der Waals surface area contributed by atoms with Gasteiger partial charge in [0.25, 0.3) is 0 Å². The maximum Gasteiger partial charge on any atom is 0.250 e. The maximum atomic E-state index is 11.7. The molecular weight excluding hydrogens is 258 g/mol. The molecule has 6 nitrogen and oxygen atoms in total. The van der Waals surface area contributed by atoms with E-state index < -0.39 is 5.54 Å². The number of carbonyl (C=O) groups is 2. The van der Waals surface area contributed by atoms with Crippen molar-refractivity contribution < 1.29 is 14.3 Å². The summed E-state index contributed by atoms with van der Waals surface area (Å²) in [7, 11) is 1.46. The molecule has 0 fully saturated rings. The lowest BCUT2D eigenvalue weighted by Crippen LogP contribution is -2.36. The summed E-state index contributed by atoms with van der Waals surface area (Å²) >= 11 is 0. The Bertz CT molecular complexity index is 464. The molecule has 0 aliphatic carbocycles. The number of anilines is 2. The second kappa shape index (κ2) is 7.02. The summed E-state index contributed by atoms with van der Waals surface area (Å²) in [5.74, 6) is -0.372. The van der Waals surface area contributed by atoms with Gasteiger partial charge in [-0.1, -0.05) is 0 Å². The highest BCUT2D eigenvalue weighted by molar-refractivity contribution is 5.93. The second-order valence-corrected chi connectivity index (χ2v) is 5.27. The van der Waals surface area contributed by atoms with Crippen LogP contribution < -0.4 is 16.4 Å². The molecule has 20 heavy (non-hydrogen) atoms. The molecule has 0 heterocycles. The molecule has 4 N–H and O–H groups in total. The van der Waals surface area contributed by atoms with Crippen molar-refractivity contribution in [2.75, 3.05) is 24.4 Å². The third-order valence-corrected chi connectivity index (χ3v) is 2.34. The number of hydrogen-bond acceptors (Lipinski definition) is 4. The van der Waals surface area contributed by atoms with E-state index in [4.69, 9.17) is 10.5 Å². The van der Waals surface area contributed by atoms with Gasteiger partial charge in [0.2, 0.25) is 11.8 Å². The largest absolute Gasteiger partial charge is 0.375 e. The zero-order valence-corrected chi connectivity index (χ0v) is 12.0. The molecule has 6 heteroatoms. The van der Waals surface area contributed by atoms with Gasteiger partial charge < -0.3 is 21.1 Å². The van der Waals surface area contributed by atoms with Crippen molar-refractivity contribution in [1.29, 1.82) is 0 Å². The zero-order valence-electron chi connectivity index (χ0n) is 12.0. The predicted molar refractivity (Wildman–Crippen MR) is 78.5 cm³/mol. The lowest BCUT2D eigenvalue weighted by Gasteiger charge is -2.17. The fraction of sp³-hybridized carbons (Fsp3) is 0.429. The Morgan fingerprint density at radius 1 is 1.10 bits per heavy atom. The monoisotopic (exact) mass is 279 g/mol. The first-order valence-electron chi connectivity index (χ1n) is 6.28. The standard InChI is InChI=1S/C14H21N3O3/c1-14(2,15)8-12(18)16-10-4-6-11(7-5-10)17-13(19)9-20-3/h4-7H,8-9,15H2,1-3H3,(H,16,18)(H,17,19). The number of methoxy groups -OCH3 is 1. The molecule has 0 unspecified atom stereocenters. The molecule has 0 spiro atoms. The summed E-state index contributed by atoms with van der Waals surface area (Å²) in [6.45, 7) is 3.59. The number of ether oxygens (including phenoxy) is 1. The van der Waals surface area contributed by atoms with Gasteiger partial charge in [-0.15, -0.1) is 0 Å². The highest BCUT2D eigenvalue weighted by atomic mass is 16.5. The maximum absolute atomic E-state index is 11.7. The Hall–Kier alpha value is -1.92. The molecule has 0 bridgehead atoms. The van der Waals surface area contributed by atoms with Crippen molar-refractivity contribution in [3.63, 3.8) is 0 Å². The molecule has 0 aliphatic rings. The molecule has 2 amide bonds. The highest BCUT2D eigenvalue weighted by Crippen LogP contribution is 2.14. The van der Waals surface area contributed by atoms with Crippen LogP contribution in [0.15, 0.2) is 24.3 Å². The summed E-state index contributed by atoms with van der Waals surface area (Å²) in [5.41, 5.74) is 6.53. The van der Waals surface area contributed by atoms with Crippen molar-refractivity contribution in [2.24, 2.45) is 5.73 Å². The Labute approximate surface area is 118 Å². The Kier molecular flexibility index (Phi) is 5.66. The molecule has 0 aliphatic heterocycles. The van der Waals surface area contributed by atoms with E-state index in [1.807, 2.05) is 0 Å². The van der Waals surface area contributed by atoms with E-state index in [1.165, 1.54) is 7.11 Å². The average Bonchev–Trinajstić information content (AvgIpc) is 2.29.